The lowest BCUT2D eigenvalue weighted by atomic mass is 10.7. The van der Waals surface area contributed by atoms with Crippen LogP contribution in [0.2, 0.25) is 0 Å². The summed E-state index contributed by atoms with van der Waals surface area (Å²) in [7, 11) is 0. The van der Waals surface area contributed by atoms with Crippen LogP contribution in [0.1, 0.15) is 0 Å². The fourth-order valence-electron chi connectivity index (χ4n) is 0.338. The smallest absolute Gasteiger partial charge is 0.00104 e. The van der Waals surface area contributed by atoms with Crippen molar-refractivity contribution in [3.63, 3.8) is 0 Å². The minimum Gasteiger partial charge on any atom is -0.585 e. The van der Waals surface area contributed by atoms with Crippen LogP contribution in [0.25, 0.3) is 0 Å². The van der Waals surface area contributed by atoms with Crippen molar-refractivity contribution < 1.29 is 4.42 Å². The molecule has 0 saturated heterocycles. The van der Waals surface area contributed by atoms with E-state index in [0.29, 0.717) is 0 Å². The Morgan fingerprint density at radius 3 is 3.00 bits per heavy atom. The Morgan fingerprint density at radius 1 is 1.86 bits per heavy atom. The van der Waals surface area contributed by atoms with E-state index in [2.05, 4.69) is 6.26 Å². The lowest BCUT2D eigenvalue weighted by Gasteiger charge is -1.91. The molecule has 7 heavy (non-hydrogen) atoms. The Morgan fingerprint density at radius 2 is 2.71 bits per heavy atom. The molecule has 1 aromatic rings. The van der Waals surface area contributed by atoms with Crippen molar-refractivity contribution in [2.75, 3.05) is 6.26 Å². The SMILES string of the molecule is CSc1cc[c-]o1. The monoisotopic (exact) mass is 113 g/mol. The standard InChI is InChI=1S/C5H5OS/c1-7-5-3-2-4-6-5/h2-3H,1H3/q-1. The van der Waals surface area contributed by atoms with Gasteiger partial charge < -0.3 is 4.42 Å². The van der Waals surface area contributed by atoms with Crippen molar-refractivity contribution in [2.24, 2.45) is 0 Å². The van der Waals surface area contributed by atoms with E-state index in [4.69, 9.17) is 4.42 Å². The van der Waals surface area contributed by atoms with Crippen LogP contribution in [0.5, 0.6) is 0 Å². The summed E-state index contributed by atoms with van der Waals surface area (Å²) in [5.74, 6) is 0. The van der Waals surface area contributed by atoms with Gasteiger partial charge in [0.05, 0.1) is 0 Å². The van der Waals surface area contributed by atoms with Crippen LogP contribution in [0.3, 0.4) is 0 Å². The van der Waals surface area contributed by atoms with E-state index in [1.54, 1.807) is 17.8 Å². The van der Waals surface area contributed by atoms with Crippen molar-refractivity contribution >= 4 is 11.8 Å². The Labute approximate surface area is 46.7 Å². The normalized spacial score (nSPS) is 9.29. The first-order valence-corrected chi connectivity index (χ1v) is 3.16. The molecule has 0 spiro atoms. The summed E-state index contributed by atoms with van der Waals surface area (Å²) < 4.78 is 4.82. The average molecular weight is 113 g/mol. The zero-order valence-electron chi connectivity index (χ0n) is 3.97. The molecule has 0 aromatic carbocycles. The molecule has 0 aliphatic heterocycles. The first-order valence-electron chi connectivity index (χ1n) is 1.93. The molecule has 38 valence electrons. The largest absolute Gasteiger partial charge is 0.585 e. The number of hydrogen-bond acceptors (Lipinski definition) is 2. The summed E-state index contributed by atoms with van der Waals surface area (Å²) in [6.07, 6.45) is 4.55. The van der Waals surface area contributed by atoms with Crippen molar-refractivity contribution in [1.29, 1.82) is 0 Å². The van der Waals surface area contributed by atoms with Crippen LogP contribution in [0.4, 0.5) is 0 Å². The first kappa shape index (κ1) is 4.78. The molecular formula is C5H5OS-. The van der Waals surface area contributed by atoms with Crippen LogP contribution in [0.15, 0.2) is 21.6 Å². The van der Waals surface area contributed by atoms with Gasteiger partial charge in [0.25, 0.3) is 0 Å². The van der Waals surface area contributed by atoms with Gasteiger partial charge in [0.2, 0.25) is 0 Å². The summed E-state index contributed by atoms with van der Waals surface area (Å²) >= 11 is 1.58. The predicted molar refractivity (Wildman–Crippen MR) is 29.3 cm³/mol. The van der Waals surface area contributed by atoms with Crippen molar-refractivity contribution in [3.8, 4) is 0 Å². The maximum absolute atomic E-state index is 4.82. The molecule has 0 aliphatic carbocycles. The highest BCUT2D eigenvalue weighted by Crippen LogP contribution is 2.12. The number of rotatable bonds is 1. The fraction of sp³-hybridized carbons (Fsp3) is 0.200. The van der Waals surface area contributed by atoms with Crippen LogP contribution < -0.4 is 0 Å². The van der Waals surface area contributed by atoms with Gasteiger partial charge in [0.1, 0.15) is 0 Å². The minimum absolute atomic E-state index is 0.917. The molecule has 0 aliphatic rings. The van der Waals surface area contributed by atoms with Gasteiger partial charge in [0.15, 0.2) is 0 Å². The van der Waals surface area contributed by atoms with Crippen LogP contribution in [-0.2, 0) is 0 Å². The van der Waals surface area contributed by atoms with E-state index in [-0.39, 0.29) is 0 Å². The second kappa shape index (κ2) is 2.07. The van der Waals surface area contributed by atoms with E-state index < -0.39 is 0 Å². The zero-order chi connectivity index (χ0) is 5.11. The summed E-state index contributed by atoms with van der Waals surface area (Å²) in [6, 6.07) is 3.64. The topological polar surface area (TPSA) is 13.1 Å². The summed E-state index contributed by atoms with van der Waals surface area (Å²) in [6.45, 7) is 0. The minimum atomic E-state index is 0.917. The van der Waals surface area contributed by atoms with E-state index in [0.717, 1.165) is 5.09 Å². The van der Waals surface area contributed by atoms with Gasteiger partial charge in [-0.25, -0.2) is 0 Å². The van der Waals surface area contributed by atoms with Crippen LogP contribution in [-0.4, -0.2) is 6.26 Å². The van der Waals surface area contributed by atoms with Gasteiger partial charge in [0, 0.05) is 0 Å². The lowest BCUT2D eigenvalue weighted by Crippen LogP contribution is -1.50. The second-order valence-electron chi connectivity index (χ2n) is 1.08. The molecule has 0 bridgehead atoms. The van der Waals surface area contributed by atoms with E-state index in [1.165, 1.54) is 0 Å². The molecule has 1 heterocycles. The average Bonchev–Trinajstić information content (AvgIpc) is 2.14. The number of furan rings is 1. The third-order valence-corrected chi connectivity index (χ3v) is 1.27. The summed E-state index contributed by atoms with van der Waals surface area (Å²) in [5, 5.41) is 0.917. The Bertz CT molecular complexity index is 123. The Kier molecular flexibility index (Phi) is 1.42. The van der Waals surface area contributed by atoms with Crippen LogP contribution in [0, 0.1) is 6.26 Å². The number of thioether (sulfide) groups is 1. The number of hydrogen-bond donors (Lipinski definition) is 0. The van der Waals surface area contributed by atoms with Crippen molar-refractivity contribution in [2.45, 2.75) is 5.09 Å². The first-order chi connectivity index (χ1) is 3.43. The van der Waals surface area contributed by atoms with Crippen molar-refractivity contribution in [1.82, 2.24) is 0 Å². The van der Waals surface area contributed by atoms with Crippen LogP contribution >= 0.6 is 11.8 Å². The molecule has 0 radical (unpaired) electrons. The maximum atomic E-state index is 4.82. The highest BCUT2D eigenvalue weighted by molar-refractivity contribution is 7.98. The zero-order valence-corrected chi connectivity index (χ0v) is 4.79. The molecule has 0 amide bonds. The second-order valence-corrected chi connectivity index (χ2v) is 1.89. The van der Waals surface area contributed by atoms with E-state index in [9.17, 15) is 0 Å². The van der Waals surface area contributed by atoms with Gasteiger partial charge in [-0.05, 0) is 17.6 Å². The molecule has 1 nitrogen and oxygen atoms in total. The fourth-order valence-corrected chi connectivity index (χ4v) is 0.673. The van der Waals surface area contributed by atoms with E-state index >= 15 is 0 Å². The predicted octanol–water partition coefficient (Wildman–Crippen LogP) is 1.80. The highest BCUT2D eigenvalue weighted by atomic mass is 32.2. The molecule has 1 aromatic heterocycles. The molecule has 0 atom stereocenters. The van der Waals surface area contributed by atoms with Gasteiger partial charge in [-0.2, -0.15) is 17.8 Å². The van der Waals surface area contributed by atoms with Crippen molar-refractivity contribution in [3.05, 3.63) is 18.4 Å². The van der Waals surface area contributed by atoms with E-state index in [1.807, 2.05) is 12.3 Å². The molecule has 2 heteroatoms. The summed E-state index contributed by atoms with van der Waals surface area (Å²) in [5.41, 5.74) is 0. The molecule has 0 fully saturated rings. The van der Waals surface area contributed by atoms with Gasteiger partial charge >= 0.3 is 0 Å². The quantitative estimate of drug-likeness (QED) is 0.407. The maximum Gasteiger partial charge on any atom is -0.00104 e. The summed E-state index contributed by atoms with van der Waals surface area (Å²) in [4.78, 5) is 0. The molecule has 0 N–H and O–H groups in total. The third-order valence-electron chi connectivity index (χ3n) is 0.648. The molecule has 0 saturated carbocycles. The highest BCUT2D eigenvalue weighted by Gasteiger charge is 1.72. The molecule has 1 rings (SSSR count). The Hall–Kier alpha value is -0.370. The Balaban J connectivity index is 2.76. The van der Waals surface area contributed by atoms with Gasteiger partial charge in [-0.15, -0.1) is 6.07 Å². The third kappa shape index (κ3) is 0.996. The lowest BCUT2D eigenvalue weighted by molar-refractivity contribution is 0.467. The molecule has 0 unspecified atom stereocenters. The molecular weight excluding hydrogens is 108 g/mol. The van der Waals surface area contributed by atoms with Gasteiger partial charge in [-0.3, -0.25) is 0 Å². The van der Waals surface area contributed by atoms with Gasteiger partial charge in [-0.1, -0.05) is 0 Å².